The predicted octanol–water partition coefficient (Wildman–Crippen LogP) is 4.53. The van der Waals surface area contributed by atoms with Gasteiger partial charge in [0.2, 0.25) is 0 Å². The van der Waals surface area contributed by atoms with Crippen LogP contribution in [0.25, 0.3) is 0 Å². The smallest absolute Gasteiger partial charge is 0.0694 e. The second-order valence-corrected chi connectivity index (χ2v) is 6.65. The molecule has 0 aromatic rings. The van der Waals surface area contributed by atoms with E-state index in [0.717, 1.165) is 25.6 Å². The Kier molecular flexibility index (Phi) is 8.72. The lowest BCUT2D eigenvalue weighted by molar-refractivity contribution is -0.105. The van der Waals surface area contributed by atoms with E-state index in [1.165, 1.54) is 57.8 Å². The monoisotopic (exact) mass is 269 g/mol. The lowest BCUT2D eigenvalue weighted by Gasteiger charge is -2.42. The van der Waals surface area contributed by atoms with Crippen LogP contribution in [-0.4, -0.2) is 25.3 Å². The topological polar surface area (TPSA) is 21.3 Å². The van der Waals surface area contributed by atoms with E-state index in [4.69, 9.17) is 4.74 Å². The van der Waals surface area contributed by atoms with E-state index in [1.807, 2.05) is 0 Å². The van der Waals surface area contributed by atoms with E-state index in [1.54, 1.807) is 0 Å². The highest BCUT2D eigenvalue weighted by molar-refractivity contribution is 4.90. The van der Waals surface area contributed by atoms with Crippen LogP contribution in [0.4, 0.5) is 0 Å². The minimum Gasteiger partial charge on any atom is -0.375 e. The molecule has 114 valence electrons. The van der Waals surface area contributed by atoms with Crippen LogP contribution in [0.5, 0.6) is 0 Å². The molecule has 0 heterocycles. The molecule has 1 fully saturated rings. The molecule has 1 aliphatic carbocycles. The van der Waals surface area contributed by atoms with Crippen molar-refractivity contribution < 1.29 is 4.74 Å². The Balaban J connectivity index is 2.03. The van der Waals surface area contributed by atoms with Crippen molar-refractivity contribution in [2.24, 2.45) is 5.92 Å². The molecular formula is C17H35NO. The second kappa shape index (κ2) is 9.77. The Morgan fingerprint density at radius 3 is 2.42 bits per heavy atom. The third-order valence-electron chi connectivity index (χ3n) is 4.23. The van der Waals surface area contributed by atoms with Crippen molar-refractivity contribution >= 4 is 0 Å². The molecule has 0 aliphatic heterocycles. The van der Waals surface area contributed by atoms with E-state index in [-0.39, 0.29) is 5.60 Å². The Bertz CT molecular complexity index is 211. The van der Waals surface area contributed by atoms with Crippen LogP contribution in [0.1, 0.15) is 78.6 Å². The number of unbranched alkanes of at least 4 members (excludes halogenated alkanes) is 4. The Labute approximate surface area is 120 Å². The number of nitrogens with one attached hydrogen (secondary N) is 1. The van der Waals surface area contributed by atoms with Crippen LogP contribution in [0, 0.1) is 5.92 Å². The molecule has 19 heavy (non-hydrogen) atoms. The molecule has 0 atom stereocenters. The number of rotatable bonds is 12. The molecule has 0 amide bonds. The van der Waals surface area contributed by atoms with Crippen molar-refractivity contribution in [2.45, 2.75) is 84.2 Å². The molecule has 0 spiro atoms. The second-order valence-electron chi connectivity index (χ2n) is 6.65. The lowest BCUT2D eigenvalue weighted by Crippen LogP contribution is -2.43. The normalized spacial score (nSPS) is 17.7. The maximum Gasteiger partial charge on any atom is 0.0694 e. The lowest BCUT2D eigenvalue weighted by atomic mass is 9.77. The van der Waals surface area contributed by atoms with Crippen molar-refractivity contribution in [3.05, 3.63) is 0 Å². The summed E-state index contributed by atoms with van der Waals surface area (Å²) in [5.41, 5.74) is 0.245. The molecule has 2 nitrogen and oxygen atoms in total. The Hall–Kier alpha value is -0.0800. The van der Waals surface area contributed by atoms with Gasteiger partial charge in [-0.2, -0.15) is 0 Å². The molecule has 0 radical (unpaired) electrons. The molecule has 1 saturated carbocycles. The molecule has 0 aromatic heterocycles. The third-order valence-corrected chi connectivity index (χ3v) is 4.23. The molecule has 1 rings (SSSR count). The Morgan fingerprint density at radius 1 is 1.11 bits per heavy atom. The SMILES string of the molecule is CCCCCCCOC1(CCNCC(C)C)CCC1. The van der Waals surface area contributed by atoms with Gasteiger partial charge in [0, 0.05) is 6.61 Å². The van der Waals surface area contributed by atoms with Crippen molar-refractivity contribution in [3.8, 4) is 0 Å². The fraction of sp³-hybridized carbons (Fsp3) is 1.00. The molecule has 0 unspecified atom stereocenters. The zero-order chi connectivity index (χ0) is 14.0. The van der Waals surface area contributed by atoms with Gasteiger partial charge in [0.1, 0.15) is 0 Å². The third kappa shape index (κ3) is 7.31. The first-order valence-electron chi connectivity index (χ1n) is 8.53. The summed E-state index contributed by atoms with van der Waals surface area (Å²) in [6.07, 6.45) is 11.8. The first-order chi connectivity index (χ1) is 9.18. The van der Waals surface area contributed by atoms with E-state index >= 15 is 0 Å². The summed E-state index contributed by atoms with van der Waals surface area (Å²) in [6.45, 7) is 10.0. The van der Waals surface area contributed by atoms with Gasteiger partial charge in [-0.15, -0.1) is 0 Å². The van der Waals surface area contributed by atoms with Crippen LogP contribution < -0.4 is 5.32 Å². The molecule has 2 heteroatoms. The number of ether oxygens (including phenoxy) is 1. The van der Waals surface area contributed by atoms with E-state index in [2.05, 4.69) is 26.1 Å². The van der Waals surface area contributed by atoms with Gasteiger partial charge in [-0.3, -0.25) is 0 Å². The average molecular weight is 269 g/mol. The van der Waals surface area contributed by atoms with E-state index in [0.29, 0.717) is 0 Å². The van der Waals surface area contributed by atoms with Gasteiger partial charge in [-0.25, -0.2) is 0 Å². The highest BCUT2D eigenvalue weighted by atomic mass is 16.5. The van der Waals surface area contributed by atoms with Gasteiger partial charge in [0.15, 0.2) is 0 Å². The van der Waals surface area contributed by atoms with E-state index < -0.39 is 0 Å². The summed E-state index contributed by atoms with van der Waals surface area (Å²) < 4.78 is 6.21. The van der Waals surface area contributed by atoms with Crippen molar-refractivity contribution in [3.63, 3.8) is 0 Å². The van der Waals surface area contributed by atoms with Crippen LogP contribution in [0.3, 0.4) is 0 Å². The number of hydrogen-bond donors (Lipinski definition) is 1. The van der Waals surface area contributed by atoms with Gasteiger partial charge in [0.05, 0.1) is 5.60 Å². The molecule has 1 aliphatic rings. The first-order valence-corrected chi connectivity index (χ1v) is 8.53. The van der Waals surface area contributed by atoms with Crippen LogP contribution in [0.2, 0.25) is 0 Å². The average Bonchev–Trinajstić information content (AvgIpc) is 2.33. The minimum absolute atomic E-state index is 0.245. The van der Waals surface area contributed by atoms with Crippen LogP contribution >= 0.6 is 0 Å². The van der Waals surface area contributed by atoms with Crippen LogP contribution in [0.15, 0.2) is 0 Å². The predicted molar refractivity (Wildman–Crippen MR) is 83.6 cm³/mol. The highest BCUT2D eigenvalue weighted by Gasteiger charge is 2.37. The highest BCUT2D eigenvalue weighted by Crippen LogP contribution is 2.38. The fourth-order valence-electron chi connectivity index (χ4n) is 2.74. The van der Waals surface area contributed by atoms with Gasteiger partial charge >= 0.3 is 0 Å². The summed E-state index contributed by atoms with van der Waals surface area (Å²) in [5, 5.41) is 3.55. The zero-order valence-electron chi connectivity index (χ0n) is 13.5. The quantitative estimate of drug-likeness (QED) is 0.525. The largest absolute Gasteiger partial charge is 0.375 e. The summed E-state index contributed by atoms with van der Waals surface area (Å²) in [7, 11) is 0. The van der Waals surface area contributed by atoms with Gasteiger partial charge < -0.3 is 10.1 Å². The van der Waals surface area contributed by atoms with Crippen molar-refractivity contribution in [1.82, 2.24) is 5.32 Å². The molecule has 0 aromatic carbocycles. The maximum absolute atomic E-state index is 6.21. The minimum atomic E-state index is 0.245. The summed E-state index contributed by atoms with van der Waals surface area (Å²) in [5.74, 6) is 0.747. The molecule has 0 saturated heterocycles. The zero-order valence-corrected chi connectivity index (χ0v) is 13.5. The first kappa shape index (κ1) is 17.0. The molecular weight excluding hydrogens is 234 g/mol. The maximum atomic E-state index is 6.21. The summed E-state index contributed by atoms with van der Waals surface area (Å²) >= 11 is 0. The standard InChI is InChI=1S/C17H35NO/c1-4-5-6-7-8-14-19-17(10-9-11-17)12-13-18-15-16(2)3/h16,18H,4-15H2,1-3H3. The number of hydrogen-bond acceptors (Lipinski definition) is 2. The van der Waals surface area contributed by atoms with Gasteiger partial charge in [-0.05, 0) is 51.1 Å². The Morgan fingerprint density at radius 2 is 1.84 bits per heavy atom. The van der Waals surface area contributed by atoms with Gasteiger partial charge in [0.25, 0.3) is 0 Å². The van der Waals surface area contributed by atoms with E-state index in [9.17, 15) is 0 Å². The summed E-state index contributed by atoms with van der Waals surface area (Å²) in [6, 6.07) is 0. The van der Waals surface area contributed by atoms with Gasteiger partial charge in [-0.1, -0.05) is 46.5 Å². The molecule has 1 N–H and O–H groups in total. The van der Waals surface area contributed by atoms with Crippen LogP contribution in [-0.2, 0) is 4.74 Å². The van der Waals surface area contributed by atoms with Crippen molar-refractivity contribution in [2.75, 3.05) is 19.7 Å². The summed E-state index contributed by atoms with van der Waals surface area (Å²) in [4.78, 5) is 0. The fourth-order valence-corrected chi connectivity index (χ4v) is 2.74. The molecule has 0 bridgehead atoms. The van der Waals surface area contributed by atoms with Crippen molar-refractivity contribution in [1.29, 1.82) is 0 Å².